The fourth-order valence-electron chi connectivity index (χ4n) is 2.05. The van der Waals surface area contributed by atoms with E-state index in [1.807, 2.05) is 6.92 Å². The zero-order chi connectivity index (χ0) is 12.1. The van der Waals surface area contributed by atoms with Gasteiger partial charge in [-0.2, -0.15) is 0 Å². The molecule has 16 heavy (non-hydrogen) atoms. The Morgan fingerprint density at radius 3 is 2.88 bits per heavy atom. The number of aliphatic carboxylic acids is 1. The molecule has 1 aliphatic heterocycles. The van der Waals surface area contributed by atoms with E-state index in [-0.39, 0.29) is 12.5 Å². The number of morpholine rings is 1. The van der Waals surface area contributed by atoms with Gasteiger partial charge in [-0.3, -0.25) is 9.69 Å². The number of aliphatic hydroxyl groups excluding tert-OH is 1. The molecular formula is C11H21NO4. The van der Waals surface area contributed by atoms with Crippen molar-refractivity contribution in [1.29, 1.82) is 0 Å². The molecule has 0 amide bonds. The number of hydrogen-bond donors (Lipinski definition) is 2. The predicted molar refractivity (Wildman–Crippen MR) is 59.3 cm³/mol. The van der Waals surface area contributed by atoms with Gasteiger partial charge in [0.05, 0.1) is 25.2 Å². The maximum atomic E-state index is 10.5. The first-order chi connectivity index (χ1) is 7.52. The van der Waals surface area contributed by atoms with E-state index in [1.54, 1.807) is 0 Å². The van der Waals surface area contributed by atoms with Gasteiger partial charge < -0.3 is 14.9 Å². The highest BCUT2D eigenvalue weighted by Crippen LogP contribution is 2.15. The molecule has 3 unspecified atom stereocenters. The minimum absolute atomic E-state index is 0.153. The normalized spacial score (nSPS) is 28.9. The molecule has 3 atom stereocenters. The van der Waals surface area contributed by atoms with E-state index in [1.165, 1.54) is 0 Å². The number of carbonyl (C=O) groups is 1. The zero-order valence-corrected chi connectivity index (χ0v) is 9.93. The summed E-state index contributed by atoms with van der Waals surface area (Å²) in [6.45, 7) is 5.90. The number of aliphatic hydroxyl groups is 1. The minimum Gasteiger partial charge on any atom is -0.481 e. The Labute approximate surface area is 96.0 Å². The average molecular weight is 231 g/mol. The van der Waals surface area contributed by atoms with Crippen LogP contribution in [-0.2, 0) is 9.53 Å². The summed E-state index contributed by atoms with van der Waals surface area (Å²) < 4.78 is 5.53. The molecule has 0 bridgehead atoms. The van der Waals surface area contributed by atoms with Gasteiger partial charge in [0, 0.05) is 19.1 Å². The van der Waals surface area contributed by atoms with Crippen LogP contribution in [0.5, 0.6) is 0 Å². The van der Waals surface area contributed by atoms with Gasteiger partial charge >= 0.3 is 5.97 Å². The minimum atomic E-state index is -0.957. The Morgan fingerprint density at radius 2 is 2.31 bits per heavy atom. The van der Waals surface area contributed by atoms with Crippen molar-refractivity contribution in [2.45, 2.75) is 44.9 Å². The third-order valence-corrected chi connectivity index (χ3v) is 2.91. The van der Waals surface area contributed by atoms with Crippen molar-refractivity contribution in [2.24, 2.45) is 0 Å². The molecule has 94 valence electrons. The first kappa shape index (κ1) is 13.4. The van der Waals surface area contributed by atoms with E-state index in [0.717, 1.165) is 13.0 Å². The topological polar surface area (TPSA) is 70.0 Å². The molecule has 1 fully saturated rings. The molecule has 0 aromatic rings. The van der Waals surface area contributed by atoms with Crippen molar-refractivity contribution in [3.05, 3.63) is 0 Å². The highest BCUT2D eigenvalue weighted by Gasteiger charge is 2.27. The number of carboxylic acids is 1. The van der Waals surface area contributed by atoms with Gasteiger partial charge in [0.15, 0.2) is 0 Å². The van der Waals surface area contributed by atoms with Crippen LogP contribution < -0.4 is 0 Å². The standard InChI is InChI=1S/C11H21NO4/c1-3-9-7-16-8(2)5-12(9)6-10(13)4-11(14)15/h8-10,13H,3-7H2,1-2H3,(H,14,15). The van der Waals surface area contributed by atoms with Crippen LogP contribution >= 0.6 is 0 Å². The molecule has 5 nitrogen and oxygen atoms in total. The molecule has 5 heteroatoms. The Kier molecular flexibility index (Phi) is 5.18. The van der Waals surface area contributed by atoms with Gasteiger partial charge in [-0.25, -0.2) is 0 Å². The first-order valence-corrected chi connectivity index (χ1v) is 5.78. The molecule has 0 aliphatic carbocycles. The van der Waals surface area contributed by atoms with Gasteiger partial charge in [0.25, 0.3) is 0 Å². The number of hydrogen-bond acceptors (Lipinski definition) is 4. The van der Waals surface area contributed by atoms with E-state index in [9.17, 15) is 9.90 Å². The zero-order valence-electron chi connectivity index (χ0n) is 9.93. The van der Waals surface area contributed by atoms with Gasteiger partial charge in [-0.1, -0.05) is 6.92 Å². The molecule has 0 aromatic carbocycles. The second-order valence-corrected chi connectivity index (χ2v) is 4.41. The maximum Gasteiger partial charge on any atom is 0.306 e. The van der Waals surface area contributed by atoms with Crippen molar-refractivity contribution in [1.82, 2.24) is 4.90 Å². The van der Waals surface area contributed by atoms with Crippen LogP contribution in [0.15, 0.2) is 0 Å². The summed E-state index contributed by atoms with van der Waals surface area (Å²) >= 11 is 0. The molecule has 1 aliphatic rings. The predicted octanol–water partition coefficient (Wildman–Crippen LogP) is 0.321. The first-order valence-electron chi connectivity index (χ1n) is 5.78. The van der Waals surface area contributed by atoms with E-state index in [2.05, 4.69) is 11.8 Å². The van der Waals surface area contributed by atoms with Crippen molar-refractivity contribution in [3.63, 3.8) is 0 Å². The van der Waals surface area contributed by atoms with E-state index in [0.29, 0.717) is 19.2 Å². The lowest BCUT2D eigenvalue weighted by Gasteiger charge is -2.39. The lowest BCUT2D eigenvalue weighted by molar-refractivity contribution is -0.140. The summed E-state index contributed by atoms with van der Waals surface area (Å²) in [5.41, 5.74) is 0. The molecule has 0 radical (unpaired) electrons. The Hall–Kier alpha value is -0.650. The van der Waals surface area contributed by atoms with Gasteiger partial charge in [-0.15, -0.1) is 0 Å². The quantitative estimate of drug-likeness (QED) is 0.713. The number of rotatable bonds is 5. The van der Waals surface area contributed by atoms with Crippen LogP contribution in [-0.4, -0.2) is 59.0 Å². The highest BCUT2D eigenvalue weighted by atomic mass is 16.5. The molecular weight excluding hydrogens is 210 g/mol. The summed E-state index contributed by atoms with van der Waals surface area (Å²) in [4.78, 5) is 12.6. The van der Waals surface area contributed by atoms with Gasteiger partial charge in [0.1, 0.15) is 0 Å². The molecule has 2 N–H and O–H groups in total. The summed E-state index contributed by atoms with van der Waals surface area (Å²) in [6, 6.07) is 0.291. The third-order valence-electron chi connectivity index (χ3n) is 2.91. The monoisotopic (exact) mass is 231 g/mol. The average Bonchev–Trinajstić information content (AvgIpc) is 2.16. The Morgan fingerprint density at radius 1 is 1.62 bits per heavy atom. The van der Waals surface area contributed by atoms with Gasteiger partial charge in [-0.05, 0) is 13.3 Å². The molecule has 1 heterocycles. The van der Waals surface area contributed by atoms with Crippen LogP contribution in [0, 0.1) is 0 Å². The maximum absolute atomic E-state index is 10.5. The molecule has 0 saturated carbocycles. The van der Waals surface area contributed by atoms with Crippen molar-refractivity contribution < 1.29 is 19.7 Å². The fourth-order valence-corrected chi connectivity index (χ4v) is 2.05. The van der Waals surface area contributed by atoms with Crippen molar-refractivity contribution in [2.75, 3.05) is 19.7 Å². The van der Waals surface area contributed by atoms with Crippen LogP contribution in [0.1, 0.15) is 26.7 Å². The summed E-state index contributed by atoms with van der Waals surface area (Å²) in [7, 11) is 0. The summed E-state index contributed by atoms with van der Waals surface area (Å²) in [6.07, 6.45) is 0.117. The number of nitrogens with zero attached hydrogens (tertiary/aromatic N) is 1. The Bertz CT molecular complexity index is 234. The van der Waals surface area contributed by atoms with Crippen molar-refractivity contribution >= 4 is 5.97 Å². The number of ether oxygens (including phenoxy) is 1. The fraction of sp³-hybridized carbons (Fsp3) is 0.909. The van der Waals surface area contributed by atoms with Crippen molar-refractivity contribution in [3.8, 4) is 0 Å². The smallest absolute Gasteiger partial charge is 0.306 e. The van der Waals surface area contributed by atoms with Crippen LogP contribution in [0.2, 0.25) is 0 Å². The van der Waals surface area contributed by atoms with Gasteiger partial charge in [0.2, 0.25) is 0 Å². The third kappa shape index (κ3) is 4.08. The second kappa shape index (κ2) is 6.18. The molecule has 1 rings (SSSR count). The highest BCUT2D eigenvalue weighted by molar-refractivity contribution is 5.67. The second-order valence-electron chi connectivity index (χ2n) is 4.41. The van der Waals surface area contributed by atoms with Crippen LogP contribution in [0.25, 0.3) is 0 Å². The van der Waals surface area contributed by atoms with E-state index >= 15 is 0 Å². The number of β-amino-alcohol motifs (C(OH)–C–C–N with tert-alkyl or cyclic N) is 1. The van der Waals surface area contributed by atoms with Crippen LogP contribution in [0.3, 0.4) is 0 Å². The molecule has 1 saturated heterocycles. The lowest BCUT2D eigenvalue weighted by atomic mass is 10.1. The summed E-state index contributed by atoms with van der Waals surface area (Å²) in [5.74, 6) is -0.957. The molecule has 0 aromatic heterocycles. The van der Waals surface area contributed by atoms with E-state index in [4.69, 9.17) is 9.84 Å². The van der Waals surface area contributed by atoms with E-state index < -0.39 is 12.1 Å². The number of carboxylic acid groups (broad SMARTS) is 1. The Balaban J connectivity index is 2.45. The molecule has 0 spiro atoms. The largest absolute Gasteiger partial charge is 0.481 e. The SMILES string of the molecule is CCC1COC(C)CN1CC(O)CC(=O)O. The lowest BCUT2D eigenvalue weighted by Crippen LogP contribution is -2.51. The summed E-state index contributed by atoms with van der Waals surface area (Å²) in [5, 5.41) is 18.2. The van der Waals surface area contributed by atoms with Crippen LogP contribution in [0.4, 0.5) is 0 Å².